The van der Waals surface area contributed by atoms with E-state index in [-0.39, 0.29) is 30.0 Å². The first kappa shape index (κ1) is 16.1. The topological polar surface area (TPSA) is 49.9 Å². The zero-order valence-electron chi connectivity index (χ0n) is 2.84. The molecule has 0 bridgehead atoms. The molecule has 40 valence electrons. The quantitative estimate of drug-likeness (QED) is 0.264. The molecule has 0 aliphatic heterocycles. The van der Waals surface area contributed by atoms with Gasteiger partial charge in [0.25, 0.3) is 0 Å². The van der Waals surface area contributed by atoms with Crippen molar-refractivity contribution in [3.05, 3.63) is 0 Å². The van der Waals surface area contributed by atoms with Crippen LogP contribution in [0.3, 0.4) is 0 Å². The van der Waals surface area contributed by atoms with Gasteiger partial charge in [0.05, 0.1) is 0 Å². The molecule has 0 atom stereocenters. The number of hydrogen-bond donors (Lipinski definition) is 3. The number of rotatable bonds is 0. The molecule has 0 heterocycles. The number of amidine groups is 1. The summed E-state index contributed by atoms with van der Waals surface area (Å²) in [6.07, 6.45) is 0. The Labute approximate surface area is 54.2 Å². The van der Waals surface area contributed by atoms with Crippen LogP contribution in [0.4, 0.5) is 0 Å². The molecule has 0 saturated heterocycles. The molecule has 0 rings (SSSR count). The van der Waals surface area contributed by atoms with E-state index in [9.17, 15) is 0 Å². The van der Waals surface area contributed by atoms with Gasteiger partial charge in [0.2, 0.25) is 0 Å². The van der Waals surface area contributed by atoms with Crippen molar-refractivity contribution in [3.63, 3.8) is 0 Å². The van der Waals surface area contributed by atoms with Gasteiger partial charge in [0, 0.05) is 0 Å². The van der Waals surface area contributed by atoms with Crippen molar-refractivity contribution in [2.75, 3.05) is 0 Å². The van der Waals surface area contributed by atoms with Gasteiger partial charge in [-0.05, 0) is 0 Å². The summed E-state index contributed by atoms with van der Waals surface area (Å²) in [5.41, 5.74) is 4.56. The number of hydrogen-bond acceptors (Lipinski definition) is 1. The second kappa shape index (κ2) is 9.04. The number of nitrogens with two attached hydrogens (primary N) is 1. The van der Waals surface area contributed by atoms with Crippen LogP contribution in [-0.2, 0) is 0 Å². The molecule has 0 fully saturated rings. The third-order valence-corrected chi connectivity index (χ3v) is 0. The summed E-state index contributed by atoms with van der Waals surface area (Å²) < 4.78 is 0. The molecule has 0 aromatic heterocycles. The molecule has 0 aromatic carbocycles. The second-order valence-electron chi connectivity index (χ2n) is 0.385. The lowest BCUT2D eigenvalue weighted by Crippen LogP contribution is -1.96. The van der Waals surface area contributed by atoms with Crippen molar-refractivity contribution in [3.8, 4) is 0 Å². The van der Waals surface area contributed by atoms with Crippen molar-refractivity contribution in [2.24, 2.45) is 5.73 Å². The van der Waals surface area contributed by atoms with Crippen LogP contribution in [0.25, 0.3) is 0 Å². The van der Waals surface area contributed by atoms with Gasteiger partial charge >= 0.3 is 0 Å². The minimum atomic E-state index is -0.139. The van der Waals surface area contributed by atoms with Crippen LogP contribution in [0.5, 0.6) is 0 Å². The van der Waals surface area contributed by atoms with E-state index in [0.29, 0.717) is 0 Å². The molecule has 0 radical (unpaired) electrons. The highest BCUT2D eigenvalue weighted by atomic mass is 35.5. The third kappa shape index (κ3) is 318. The summed E-state index contributed by atoms with van der Waals surface area (Å²) in [6.45, 7) is 0. The van der Waals surface area contributed by atoms with E-state index >= 15 is 0 Å². The molecule has 3 N–H and O–H groups in total. The van der Waals surface area contributed by atoms with Crippen LogP contribution >= 0.6 is 37.4 Å². The Kier molecular flexibility index (Phi) is 24.3. The Morgan fingerprint density at radius 2 is 1.50 bits per heavy atom. The van der Waals surface area contributed by atoms with Crippen LogP contribution in [0.15, 0.2) is 0 Å². The minimum absolute atomic E-state index is 0. The molecule has 0 saturated carbocycles. The lowest BCUT2D eigenvalue weighted by molar-refractivity contribution is 1.51. The Hall–Kier alpha value is 0.400. The summed E-state index contributed by atoms with van der Waals surface area (Å²) in [5, 5.41) is 6.00. The highest BCUT2D eigenvalue weighted by Gasteiger charge is 1.55. The molecule has 0 aliphatic rings. The SMILES string of the molecule is Cl.Cl.N=C(N)S. The Morgan fingerprint density at radius 1 is 1.50 bits per heavy atom. The van der Waals surface area contributed by atoms with Crippen LogP contribution < -0.4 is 5.73 Å². The maximum absolute atomic E-state index is 6.14. The van der Waals surface area contributed by atoms with Crippen LogP contribution in [-0.4, -0.2) is 5.17 Å². The monoisotopic (exact) mass is 148 g/mol. The van der Waals surface area contributed by atoms with E-state index in [1.54, 1.807) is 0 Å². The molecule has 5 heteroatoms. The summed E-state index contributed by atoms with van der Waals surface area (Å²) in [5.74, 6) is 0. The molecule has 0 aromatic rings. The predicted molar refractivity (Wildman–Crippen MR) is 35.4 cm³/mol. The van der Waals surface area contributed by atoms with Crippen LogP contribution in [0.1, 0.15) is 0 Å². The standard InChI is InChI=1S/CH4N2S.2ClH/c2-1(3)4;;/h(H4,2,3,4);2*1H. The Morgan fingerprint density at radius 3 is 1.50 bits per heavy atom. The Balaban J connectivity index is -0.0000000450. The van der Waals surface area contributed by atoms with Gasteiger partial charge in [-0.2, -0.15) is 0 Å². The summed E-state index contributed by atoms with van der Waals surface area (Å²) in [4.78, 5) is 0. The maximum Gasteiger partial charge on any atom is 0.147 e. The molecule has 2 nitrogen and oxygen atoms in total. The van der Waals surface area contributed by atoms with Gasteiger partial charge in [0.1, 0.15) is 5.17 Å². The molecule has 0 amide bonds. The Bertz CT molecular complexity index is 34.5. The highest BCUT2D eigenvalue weighted by Crippen LogP contribution is 1.56. The summed E-state index contributed by atoms with van der Waals surface area (Å²) >= 11 is 3.33. The fraction of sp³-hybridized carbons (Fsp3) is 0. The lowest BCUT2D eigenvalue weighted by atomic mass is 11.4. The summed E-state index contributed by atoms with van der Waals surface area (Å²) in [7, 11) is 0. The normalized spacial score (nSPS) is 4.17. The van der Waals surface area contributed by atoms with Crippen LogP contribution in [0, 0.1) is 5.41 Å². The van der Waals surface area contributed by atoms with Gasteiger partial charge in [-0.3, -0.25) is 5.41 Å². The second-order valence-corrected chi connectivity index (χ2v) is 0.867. The van der Waals surface area contributed by atoms with Crippen LogP contribution in [0.2, 0.25) is 0 Å². The lowest BCUT2D eigenvalue weighted by Gasteiger charge is -1.65. The highest BCUT2D eigenvalue weighted by molar-refractivity contribution is 7.96. The van der Waals surface area contributed by atoms with Crippen molar-refractivity contribution in [1.82, 2.24) is 0 Å². The number of nitrogens with one attached hydrogen (secondary N) is 1. The van der Waals surface area contributed by atoms with Gasteiger partial charge in [-0.15, -0.1) is 37.4 Å². The van der Waals surface area contributed by atoms with E-state index < -0.39 is 0 Å². The van der Waals surface area contributed by atoms with E-state index in [2.05, 4.69) is 18.4 Å². The predicted octanol–water partition coefficient (Wildman–Crippen LogP) is 0.653. The fourth-order valence-electron chi connectivity index (χ4n) is 0. The molecule has 0 unspecified atom stereocenters. The maximum atomic E-state index is 6.14. The first-order valence-corrected chi connectivity index (χ1v) is 1.21. The van der Waals surface area contributed by atoms with Gasteiger partial charge < -0.3 is 5.73 Å². The third-order valence-electron chi connectivity index (χ3n) is 0. The molecular formula is CH6Cl2N2S. The van der Waals surface area contributed by atoms with Gasteiger partial charge in [0.15, 0.2) is 0 Å². The first-order valence-electron chi connectivity index (χ1n) is 0.762. The number of thiol groups is 1. The number of halogens is 2. The average molecular weight is 149 g/mol. The van der Waals surface area contributed by atoms with E-state index in [4.69, 9.17) is 5.41 Å². The minimum Gasteiger partial charge on any atom is -0.379 e. The molecule has 6 heavy (non-hydrogen) atoms. The van der Waals surface area contributed by atoms with Crippen molar-refractivity contribution >= 4 is 42.6 Å². The van der Waals surface area contributed by atoms with Gasteiger partial charge in [-0.1, -0.05) is 0 Å². The van der Waals surface area contributed by atoms with E-state index in [1.807, 2.05) is 0 Å². The van der Waals surface area contributed by atoms with E-state index in [0.717, 1.165) is 0 Å². The fourth-order valence-corrected chi connectivity index (χ4v) is 0. The average Bonchev–Trinajstić information content (AvgIpc) is 0.811. The molecule has 0 aliphatic carbocycles. The van der Waals surface area contributed by atoms with Crippen molar-refractivity contribution in [2.45, 2.75) is 0 Å². The van der Waals surface area contributed by atoms with Crippen molar-refractivity contribution in [1.29, 1.82) is 5.41 Å². The van der Waals surface area contributed by atoms with Crippen molar-refractivity contribution < 1.29 is 0 Å². The van der Waals surface area contributed by atoms with Gasteiger partial charge in [-0.25, -0.2) is 0 Å². The largest absolute Gasteiger partial charge is 0.379 e. The molecule has 0 spiro atoms. The summed E-state index contributed by atoms with van der Waals surface area (Å²) in [6, 6.07) is 0. The van der Waals surface area contributed by atoms with E-state index in [1.165, 1.54) is 0 Å². The smallest absolute Gasteiger partial charge is 0.147 e. The zero-order valence-corrected chi connectivity index (χ0v) is 5.37. The first-order chi connectivity index (χ1) is 1.73. The molecular weight excluding hydrogens is 143 g/mol. The zero-order chi connectivity index (χ0) is 3.58.